The highest BCUT2D eigenvalue weighted by molar-refractivity contribution is 7.22. The first-order valence-corrected chi connectivity index (χ1v) is 9.63. The number of amides is 2. The van der Waals surface area contributed by atoms with Gasteiger partial charge in [-0.2, -0.15) is 0 Å². The van der Waals surface area contributed by atoms with E-state index in [1.165, 1.54) is 31.4 Å². The molecule has 1 aromatic heterocycles. The summed E-state index contributed by atoms with van der Waals surface area (Å²) < 4.78 is 6.09. The highest BCUT2D eigenvalue weighted by Gasteiger charge is 2.10. The van der Waals surface area contributed by atoms with Crippen molar-refractivity contribution >= 4 is 73.5 Å². The van der Waals surface area contributed by atoms with Crippen molar-refractivity contribution in [2.45, 2.75) is 6.92 Å². The van der Waals surface area contributed by atoms with E-state index in [1.807, 2.05) is 0 Å². The first-order chi connectivity index (χ1) is 13.4. The number of nitrogens with zero attached hydrogens (tertiary/aromatic N) is 1. The Morgan fingerprint density at radius 1 is 1.18 bits per heavy atom. The van der Waals surface area contributed by atoms with Gasteiger partial charge in [0.1, 0.15) is 5.75 Å². The van der Waals surface area contributed by atoms with E-state index in [4.69, 9.17) is 27.9 Å². The normalized spacial score (nSPS) is 11.0. The lowest BCUT2D eigenvalue weighted by Gasteiger charge is -2.07. The number of benzene rings is 2. The molecule has 3 aromatic rings. The zero-order valence-corrected chi connectivity index (χ0v) is 17.2. The molecule has 0 saturated heterocycles. The molecule has 28 heavy (non-hydrogen) atoms. The molecular weight excluding hydrogens is 421 g/mol. The van der Waals surface area contributed by atoms with Crippen molar-refractivity contribution in [2.24, 2.45) is 0 Å². The first kappa shape index (κ1) is 20.1. The van der Waals surface area contributed by atoms with Gasteiger partial charge in [-0.15, -0.1) is 0 Å². The topological polar surface area (TPSA) is 80.3 Å². The molecule has 0 atom stereocenters. The monoisotopic (exact) mass is 435 g/mol. The van der Waals surface area contributed by atoms with Crippen molar-refractivity contribution in [1.29, 1.82) is 0 Å². The average molecular weight is 436 g/mol. The number of halogens is 2. The van der Waals surface area contributed by atoms with E-state index in [2.05, 4.69) is 15.6 Å². The van der Waals surface area contributed by atoms with Gasteiger partial charge >= 0.3 is 0 Å². The number of hydrogen-bond donors (Lipinski definition) is 2. The summed E-state index contributed by atoms with van der Waals surface area (Å²) in [6, 6.07) is 8.55. The summed E-state index contributed by atoms with van der Waals surface area (Å²) in [5.41, 5.74) is 1.98. The SMILES string of the molecule is COc1c(Cl)cc(Cl)cc1/C=C/C(=O)Nc1nc2ccc(NC(C)=O)cc2s1. The molecule has 0 radical (unpaired) electrons. The Bertz CT molecular complexity index is 1100. The average Bonchev–Trinajstić information content (AvgIpc) is 3.00. The Hall–Kier alpha value is -2.61. The van der Waals surface area contributed by atoms with Gasteiger partial charge in [0, 0.05) is 29.3 Å². The molecule has 2 aromatic carbocycles. The van der Waals surface area contributed by atoms with Gasteiger partial charge in [0.05, 0.1) is 22.3 Å². The second kappa shape index (κ2) is 8.60. The molecule has 0 spiro atoms. The number of carbonyl (C=O) groups is 2. The van der Waals surface area contributed by atoms with Crippen LogP contribution in [-0.2, 0) is 9.59 Å². The number of rotatable bonds is 5. The molecule has 0 bridgehead atoms. The van der Waals surface area contributed by atoms with Crippen molar-refractivity contribution in [3.63, 3.8) is 0 Å². The fraction of sp³-hybridized carbons (Fsp3) is 0.105. The standard InChI is InChI=1S/C19H15Cl2N3O3S/c1-10(25)22-13-4-5-15-16(9-13)28-19(23-15)24-17(26)6-3-11-7-12(20)8-14(21)18(11)27-2/h3-9H,1-2H3,(H,22,25)(H,23,24,26)/b6-3+. The maximum Gasteiger partial charge on any atom is 0.250 e. The fourth-order valence-corrected chi connectivity index (χ4v) is 3.99. The van der Waals surface area contributed by atoms with Gasteiger partial charge in [-0.25, -0.2) is 4.98 Å². The number of ether oxygens (including phenoxy) is 1. The van der Waals surface area contributed by atoms with E-state index in [0.717, 1.165) is 10.2 Å². The van der Waals surface area contributed by atoms with E-state index in [1.54, 1.807) is 36.4 Å². The molecule has 144 valence electrons. The molecule has 9 heteroatoms. The van der Waals surface area contributed by atoms with Crippen molar-refractivity contribution in [1.82, 2.24) is 4.98 Å². The van der Waals surface area contributed by atoms with Crippen molar-refractivity contribution in [3.8, 4) is 5.75 Å². The number of hydrogen-bond acceptors (Lipinski definition) is 5. The fourth-order valence-electron chi connectivity index (χ4n) is 2.49. The van der Waals surface area contributed by atoms with E-state index < -0.39 is 0 Å². The third-order valence-corrected chi connectivity index (χ3v) is 5.03. The summed E-state index contributed by atoms with van der Waals surface area (Å²) in [7, 11) is 1.49. The summed E-state index contributed by atoms with van der Waals surface area (Å²) in [4.78, 5) is 27.8. The van der Waals surface area contributed by atoms with Crippen LogP contribution in [0.5, 0.6) is 5.75 Å². The maximum atomic E-state index is 12.2. The number of aromatic nitrogens is 1. The van der Waals surface area contributed by atoms with Gasteiger partial charge < -0.3 is 10.1 Å². The van der Waals surface area contributed by atoms with Gasteiger partial charge in [-0.3, -0.25) is 14.9 Å². The molecule has 1 heterocycles. The number of thiazole rings is 1. The highest BCUT2D eigenvalue weighted by Crippen LogP contribution is 2.33. The van der Waals surface area contributed by atoms with Crippen LogP contribution < -0.4 is 15.4 Å². The Kier molecular flexibility index (Phi) is 6.18. The van der Waals surface area contributed by atoms with Gasteiger partial charge in [0.15, 0.2) is 5.13 Å². The predicted octanol–water partition coefficient (Wildman–Crippen LogP) is 5.22. The maximum absolute atomic E-state index is 12.2. The minimum absolute atomic E-state index is 0.154. The summed E-state index contributed by atoms with van der Waals surface area (Å²) in [6.07, 6.45) is 2.91. The Balaban J connectivity index is 1.76. The number of fused-ring (bicyclic) bond motifs is 1. The lowest BCUT2D eigenvalue weighted by atomic mass is 10.2. The van der Waals surface area contributed by atoms with Gasteiger partial charge in [-0.05, 0) is 36.4 Å². The lowest BCUT2D eigenvalue weighted by Crippen LogP contribution is -2.07. The second-order valence-corrected chi connectivity index (χ2v) is 7.59. The van der Waals surface area contributed by atoms with Gasteiger partial charge in [0.2, 0.25) is 11.8 Å². The van der Waals surface area contributed by atoms with Gasteiger partial charge in [-0.1, -0.05) is 34.5 Å². The molecule has 0 aliphatic carbocycles. The zero-order chi connectivity index (χ0) is 20.3. The molecule has 2 amide bonds. The summed E-state index contributed by atoms with van der Waals surface area (Å²) in [5, 5.41) is 6.67. The van der Waals surface area contributed by atoms with E-state index in [-0.39, 0.29) is 11.8 Å². The van der Waals surface area contributed by atoms with Crippen LogP contribution >= 0.6 is 34.5 Å². The first-order valence-electron chi connectivity index (χ1n) is 8.06. The molecular formula is C19H15Cl2N3O3S. The van der Waals surface area contributed by atoms with Crippen LogP contribution in [0, 0.1) is 0 Å². The molecule has 6 nitrogen and oxygen atoms in total. The highest BCUT2D eigenvalue weighted by atomic mass is 35.5. The van der Waals surface area contributed by atoms with E-state index in [9.17, 15) is 9.59 Å². The quantitative estimate of drug-likeness (QED) is 0.538. The Morgan fingerprint density at radius 3 is 2.68 bits per heavy atom. The number of carbonyl (C=O) groups excluding carboxylic acids is 2. The molecule has 0 fully saturated rings. The van der Waals surface area contributed by atoms with Crippen LogP contribution in [0.2, 0.25) is 10.0 Å². The van der Waals surface area contributed by atoms with Crippen LogP contribution in [-0.4, -0.2) is 23.9 Å². The number of methoxy groups -OCH3 is 1. The molecule has 0 unspecified atom stereocenters. The van der Waals surface area contributed by atoms with Crippen LogP contribution in [0.15, 0.2) is 36.4 Å². The van der Waals surface area contributed by atoms with Gasteiger partial charge in [0.25, 0.3) is 0 Å². The van der Waals surface area contributed by atoms with E-state index >= 15 is 0 Å². The van der Waals surface area contributed by atoms with Crippen LogP contribution in [0.1, 0.15) is 12.5 Å². The lowest BCUT2D eigenvalue weighted by molar-refractivity contribution is -0.114. The smallest absolute Gasteiger partial charge is 0.250 e. The summed E-state index contributed by atoms with van der Waals surface area (Å²) >= 11 is 13.4. The van der Waals surface area contributed by atoms with E-state index in [0.29, 0.717) is 32.2 Å². The number of nitrogens with one attached hydrogen (secondary N) is 2. The largest absolute Gasteiger partial charge is 0.495 e. The van der Waals surface area contributed by atoms with Crippen LogP contribution in [0.4, 0.5) is 10.8 Å². The third-order valence-electron chi connectivity index (χ3n) is 3.59. The summed E-state index contributed by atoms with van der Waals surface area (Å²) in [5.74, 6) is -0.0843. The molecule has 2 N–H and O–H groups in total. The molecule has 3 rings (SSSR count). The molecule has 0 saturated carbocycles. The molecule has 0 aliphatic heterocycles. The predicted molar refractivity (Wildman–Crippen MR) is 115 cm³/mol. The molecule has 0 aliphatic rings. The Labute approximate surface area is 175 Å². The minimum atomic E-state index is -0.362. The third kappa shape index (κ3) is 4.81. The Morgan fingerprint density at radius 2 is 1.96 bits per heavy atom. The van der Waals surface area contributed by atoms with Crippen molar-refractivity contribution < 1.29 is 14.3 Å². The van der Waals surface area contributed by atoms with Crippen molar-refractivity contribution in [2.75, 3.05) is 17.7 Å². The van der Waals surface area contributed by atoms with Crippen LogP contribution in [0.3, 0.4) is 0 Å². The number of anilines is 2. The van der Waals surface area contributed by atoms with Crippen molar-refractivity contribution in [3.05, 3.63) is 52.0 Å². The second-order valence-electron chi connectivity index (χ2n) is 5.72. The summed E-state index contributed by atoms with van der Waals surface area (Å²) in [6.45, 7) is 1.44. The minimum Gasteiger partial charge on any atom is -0.495 e. The zero-order valence-electron chi connectivity index (χ0n) is 14.9. The van der Waals surface area contributed by atoms with Crippen LogP contribution in [0.25, 0.3) is 16.3 Å².